The molecule has 2 aromatic heterocycles. The Labute approximate surface area is 119 Å². The Morgan fingerprint density at radius 1 is 1.48 bits per heavy atom. The second-order valence-corrected chi connectivity index (χ2v) is 5.83. The van der Waals surface area contributed by atoms with Crippen LogP contribution in [-0.2, 0) is 9.30 Å². The molecule has 1 atom stereocenters. The molecule has 0 aromatic carbocycles. The summed E-state index contributed by atoms with van der Waals surface area (Å²) in [7, 11) is -4.27. The predicted octanol–water partition coefficient (Wildman–Crippen LogP) is -0.00310. The summed E-state index contributed by atoms with van der Waals surface area (Å²) in [5, 5.41) is 9.80. The van der Waals surface area contributed by atoms with Gasteiger partial charge in [0.05, 0.1) is 12.0 Å². The molecule has 9 nitrogen and oxygen atoms in total. The van der Waals surface area contributed by atoms with Gasteiger partial charge >= 0.3 is 7.60 Å². The number of rotatable bonds is 6. The molecule has 5 N–H and O–H groups in total. The van der Waals surface area contributed by atoms with Crippen molar-refractivity contribution in [3.05, 3.63) is 24.7 Å². The van der Waals surface area contributed by atoms with E-state index in [1.807, 2.05) is 0 Å². The summed E-state index contributed by atoms with van der Waals surface area (Å²) < 4.78 is 17.3. The van der Waals surface area contributed by atoms with E-state index < -0.39 is 26.7 Å². The van der Waals surface area contributed by atoms with Crippen LogP contribution in [0.25, 0.3) is 17.2 Å². The molecule has 21 heavy (non-hydrogen) atoms. The zero-order valence-electron chi connectivity index (χ0n) is 10.9. The van der Waals surface area contributed by atoms with Crippen LogP contribution in [0.2, 0.25) is 0 Å². The van der Waals surface area contributed by atoms with Crippen molar-refractivity contribution in [1.82, 2.24) is 14.5 Å². The number of aromatic nitrogens is 3. The molecular formula is C11H15N4O5P. The van der Waals surface area contributed by atoms with Crippen LogP contribution in [0.3, 0.4) is 0 Å². The monoisotopic (exact) mass is 314 g/mol. The van der Waals surface area contributed by atoms with Crippen molar-refractivity contribution in [2.24, 2.45) is 0 Å². The van der Waals surface area contributed by atoms with E-state index in [4.69, 9.17) is 25.4 Å². The van der Waals surface area contributed by atoms with E-state index in [-0.39, 0.29) is 0 Å². The summed E-state index contributed by atoms with van der Waals surface area (Å²) in [5.41, 5.74) is 6.28. The smallest absolute Gasteiger partial charge is 0.351 e. The van der Waals surface area contributed by atoms with Crippen molar-refractivity contribution >= 4 is 30.6 Å². The molecule has 0 unspecified atom stereocenters. The Bertz CT molecular complexity index is 695. The Hall–Kier alpha value is -1.77. The fourth-order valence-corrected chi connectivity index (χ4v) is 2.05. The molecule has 2 heterocycles. The molecule has 0 bridgehead atoms. The first kappa shape index (κ1) is 15.6. The molecule has 2 aromatic rings. The Morgan fingerprint density at radius 2 is 2.24 bits per heavy atom. The third-order valence-corrected chi connectivity index (χ3v) is 3.12. The van der Waals surface area contributed by atoms with Gasteiger partial charge < -0.3 is 29.9 Å². The van der Waals surface area contributed by atoms with E-state index in [2.05, 4.69) is 9.97 Å². The molecule has 0 saturated carbocycles. The van der Waals surface area contributed by atoms with Crippen LogP contribution in [-0.4, -0.2) is 48.5 Å². The minimum atomic E-state index is -4.27. The maximum absolute atomic E-state index is 10.7. The minimum absolute atomic E-state index is 0.351. The van der Waals surface area contributed by atoms with Gasteiger partial charge in [0.15, 0.2) is 0 Å². The van der Waals surface area contributed by atoms with Gasteiger partial charge in [0, 0.05) is 12.4 Å². The molecule has 0 aliphatic carbocycles. The average molecular weight is 314 g/mol. The van der Waals surface area contributed by atoms with Gasteiger partial charge in [0.1, 0.15) is 30.2 Å². The highest BCUT2D eigenvalue weighted by Gasteiger charge is 2.16. The zero-order valence-corrected chi connectivity index (χ0v) is 11.8. The standard InChI is InChI=1S/C11H15N4O5P/c12-10-9-2-4-15(11(9)14-6-13-10)3-1-8(5-16)20-7-21(17,18)19/h1-4,6,8,16H,5,7H2,(H2,12,13,14)(H2,17,18,19)/b3-1+/t8-/m1/s1. The fraction of sp³-hybridized carbons (Fsp3) is 0.273. The van der Waals surface area contributed by atoms with Crippen LogP contribution in [0.4, 0.5) is 5.82 Å². The van der Waals surface area contributed by atoms with Crippen LogP contribution in [0, 0.1) is 0 Å². The molecule has 0 amide bonds. The van der Waals surface area contributed by atoms with Crippen LogP contribution in [0.1, 0.15) is 0 Å². The molecule has 0 radical (unpaired) electrons. The van der Waals surface area contributed by atoms with E-state index in [1.165, 1.54) is 12.4 Å². The molecule has 10 heteroatoms. The van der Waals surface area contributed by atoms with Gasteiger partial charge in [-0.2, -0.15) is 0 Å². The lowest BCUT2D eigenvalue weighted by atomic mass is 10.3. The van der Waals surface area contributed by atoms with E-state index in [9.17, 15) is 4.57 Å². The van der Waals surface area contributed by atoms with E-state index >= 15 is 0 Å². The summed E-state index contributed by atoms with van der Waals surface area (Å²) in [5.74, 6) is 0.351. The van der Waals surface area contributed by atoms with Gasteiger partial charge in [-0.1, -0.05) is 0 Å². The van der Waals surface area contributed by atoms with Gasteiger partial charge in [-0.25, -0.2) is 9.97 Å². The van der Waals surface area contributed by atoms with Crippen molar-refractivity contribution in [3.63, 3.8) is 0 Å². The van der Waals surface area contributed by atoms with Crippen molar-refractivity contribution < 1.29 is 24.2 Å². The first-order valence-electron chi connectivity index (χ1n) is 5.93. The number of aliphatic hydroxyl groups excluding tert-OH is 1. The zero-order chi connectivity index (χ0) is 15.5. The Morgan fingerprint density at radius 3 is 2.90 bits per heavy atom. The first-order chi connectivity index (χ1) is 9.90. The predicted molar refractivity (Wildman–Crippen MR) is 76.1 cm³/mol. The average Bonchev–Trinajstić information content (AvgIpc) is 2.83. The van der Waals surface area contributed by atoms with Crippen LogP contribution in [0.5, 0.6) is 0 Å². The lowest BCUT2D eigenvalue weighted by Crippen LogP contribution is -2.15. The lowest BCUT2D eigenvalue weighted by molar-refractivity contribution is 0.0614. The third kappa shape index (κ3) is 4.10. The molecule has 0 aliphatic heterocycles. The highest BCUT2D eigenvalue weighted by Crippen LogP contribution is 2.34. The van der Waals surface area contributed by atoms with Crippen LogP contribution in [0.15, 0.2) is 24.7 Å². The Balaban J connectivity index is 2.14. The summed E-state index contributed by atoms with van der Waals surface area (Å²) in [6.45, 7) is -0.410. The topological polar surface area (TPSA) is 144 Å². The normalized spacial score (nSPS) is 14.0. The molecule has 0 aliphatic rings. The van der Waals surface area contributed by atoms with Crippen molar-refractivity contribution in [2.75, 3.05) is 18.7 Å². The van der Waals surface area contributed by atoms with Gasteiger partial charge in [0.25, 0.3) is 0 Å². The maximum Gasteiger partial charge on any atom is 0.351 e. The van der Waals surface area contributed by atoms with E-state index in [1.54, 1.807) is 23.0 Å². The number of aliphatic hydroxyl groups is 1. The molecule has 2 rings (SSSR count). The SMILES string of the molecule is Nc1ncnc2c1ccn2/C=C/[C@H](CO)OCP(=O)(O)O. The number of nitrogens with zero attached hydrogens (tertiary/aromatic N) is 3. The second kappa shape index (κ2) is 6.33. The maximum atomic E-state index is 10.7. The lowest BCUT2D eigenvalue weighted by Gasteiger charge is -2.12. The molecule has 0 fully saturated rings. The third-order valence-electron chi connectivity index (χ3n) is 2.64. The highest BCUT2D eigenvalue weighted by atomic mass is 31.2. The highest BCUT2D eigenvalue weighted by molar-refractivity contribution is 7.51. The number of fused-ring (bicyclic) bond motifs is 1. The van der Waals surface area contributed by atoms with Crippen LogP contribution < -0.4 is 5.73 Å². The molecule has 114 valence electrons. The number of anilines is 1. The van der Waals surface area contributed by atoms with Crippen molar-refractivity contribution in [3.8, 4) is 0 Å². The van der Waals surface area contributed by atoms with Crippen LogP contribution >= 0.6 is 7.60 Å². The fourth-order valence-electron chi connectivity index (χ4n) is 1.66. The summed E-state index contributed by atoms with van der Waals surface area (Å²) in [6, 6.07) is 1.74. The van der Waals surface area contributed by atoms with Gasteiger partial charge in [-0.15, -0.1) is 0 Å². The largest absolute Gasteiger partial charge is 0.393 e. The molecular weight excluding hydrogens is 299 g/mol. The first-order valence-corrected chi connectivity index (χ1v) is 7.73. The van der Waals surface area contributed by atoms with Crippen molar-refractivity contribution in [2.45, 2.75) is 6.10 Å². The molecule has 0 saturated heterocycles. The Kier molecular flexibility index (Phi) is 4.71. The van der Waals surface area contributed by atoms with Gasteiger partial charge in [-0.05, 0) is 12.1 Å². The van der Waals surface area contributed by atoms with Crippen molar-refractivity contribution in [1.29, 1.82) is 0 Å². The summed E-state index contributed by atoms with van der Waals surface area (Å²) in [4.78, 5) is 25.4. The van der Waals surface area contributed by atoms with Gasteiger partial charge in [-0.3, -0.25) is 4.57 Å². The second-order valence-electron chi connectivity index (χ2n) is 4.24. The molecule has 0 spiro atoms. The van der Waals surface area contributed by atoms with E-state index in [0.717, 1.165) is 0 Å². The number of ether oxygens (including phenoxy) is 1. The number of hydrogen-bond donors (Lipinski definition) is 4. The summed E-state index contributed by atoms with van der Waals surface area (Å²) in [6.07, 6.45) is 4.46. The number of hydrogen-bond acceptors (Lipinski definition) is 6. The quantitative estimate of drug-likeness (QED) is 0.545. The summed E-state index contributed by atoms with van der Waals surface area (Å²) >= 11 is 0. The minimum Gasteiger partial charge on any atom is -0.393 e. The number of nitrogens with two attached hydrogens (primary N) is 1. The van der Waals surface area contributed by atoms with E-state index in [0.29, 0.717) is 16.9 Å². The van der Waals surface area contributed by atoms with Gasteiger partial charge in [0.2, 0.25) is 0 Å². The number of nitrogen functional groups attached to an aromatic ring is 1.